The quantitative estimate of drug-likeness (QED) is 0.658. The van der Waals surface area contributed by atoms with E-state index in [9.17, 15) is 9.59 Å². The fourth-order valence-electron chi connectivity index (χ4n) is 2.17. The molecule has 25 heavy (non-hydrogen) atoms. The summed E-state index contributed by atoms with van der Waals surface area (Å²) < 4.78 is 5.42. The topological polar surface area (TPSA) is 71.5 Å². The van der Waals surface area contributed by atoms with Crippen LogP contribution in [0.25, 0.3) is 6.08 Å². The molecule has 6 nitrogen and oxygen atoms in total. The minimum absolute atomic E-state index is 0.258. The molecule has 1 aliphatic rings. The molecule has 0 saturated carbocycles. The number of thiocarbonyl (C=S) groups is 1. The molecule has 1 aromatic carbocycles. The number of aromatic nitrogens is 1. The summed E-state index contributed by atoms with van der Waals surface area (Å²) in [6, 6.07) is 10.3. The van der Waals surface area contributed by atoms with E-state index in [4.69, 9.17) is 17.0 Å². The standard InChI is InChI=1S/C17H13N3O3S2/c1-23-13-5-3-2-4-12(13)15(21)19-20-16(22)14(25-17(20)24)10-11-6-8-18-9-7-11/h2-10H,1H3,(H,19,21). The Labute approximate surface area is 153 Å². The van der Waals surface area contributed by atoms with Crippen LogP contribution in [0.15, 0.2) is 53.7 Å². The van der Waals surface area contributed by atoms with E-state index in [1.54, 1.807) is 54.9 Å². The van der Waals surface area contributed by atoms with Crippen LogP contribution in [0.2, 0.25) is 0 Å². The highest BCUT2D eigenvalue weighted by atomic mass is 32.2. The number of para-hydroxylation sites is 1. The zero-order valence-electron chi connectivity index (χ0n) is 13.1. The Bertz CT molecular complexity index is 868. The van der Waals surface area contributed by atoms with Crippen LogP contribution in [0.3, 0.4) is 0 Å². The number of rotatable bonds is 4. The van der Waals surface area contributed by atoms with Crippen molar-refractivity contribution in [3.8, 4) is 5.75 Å². The van der Waals surface area contributed by atoms with Crippen molar-refractivity contribution in [2.75, 3.05) is 7.11 Å². The van der Waals surface area contributed by atoms with E-state index in [0.29, 0.717) is 16.2 Å². The molecule has 1 saturated heterocycles. The lowest BCUT2D eigenvalue weighted by atomic mass is 10.2. The van der Waals surface area contributed by atoms with Gasteiger partial charge in [-0.3, -0.25) is 20.0 Å². The van der Waals surface area contributed by atoms with Crippen LogP contribution in [0.1, 0.15) is 15.9 Å². The van der Waals surface area contributed by atoms with E-state index in [0.717, 1.165) is 22.3 Å². The first-order valence-electron chi connectivity index (χ1n) is 7.22. The molecule has 2 heterocycles. The first kappa shape index (κ1) is 17.1. The molecular weight excluding hydrogens is 358 g/mol. The highest BCUT2D eigenvalue weighted by Gasteiger charge is 2.34. The van der Waals surface area contributed by atoms with Gasteiger partial charge in [0, 0.05) is 12.4 Å². The van der Waals surface area contributed by atoms with Crippen LogP contribution in [-0.2, 0) is 4.79 Å². The zero-order valence-corrected chi connectivity index (χ0v) is 14.8. The Kier molecular flexibility index (Phi) is 5.11. The molecule has 126 valence electrons. The van der Waals surface area contributed by atoms with Crippen molar-refractivity contribution in [2.24, 2.45) is 0 Å². The van der Waals surface area contributed by atoms with Gasteiger partial charge in [0.1, 0.15) is 5.75 Å². The summed E-state index contributed by atoms with van der Waals surface area (Å²) in [5.74, 6) is -0.438. The summed E-state index contributed by atoms with van der Waals surface area (Å²) in [7, 11) is 1.48. The number of nitrogens with one attached hydrogen (secondary N) is 1. The predicted molar refractivity (Wildman–Crippen MR) is 99.7 cm³/mol. The normalized spacial score (nSPS) is 15.6. The van der Waals surface area contributed by atoms with Crippen LogP contribution in [-0.4, -0.2) is 33.2 Å². The van der Waals surface area contributed by atoms with E-state index in [-0.39, 0.29) is 10.2 Å². The smallest absolute Gasteiger partial charge is 0.285 e. The maximum Gasteiger partial charge on any atom is 0.285 e. The molecule has 3 rings (SSSR count). The summed E-state index contributed by atoms with van der Waals surface area (Å²) >= 11 is 6.34. The van der Waals surface area contributed by atoms with Crippen molar-refractivity contribution in [1.82, 2.24) is 15.4 Å². The second-order valence-corrected chi connectivity index (χ2v) is 6.61. The average molecular weight is 371 g/mol. The molecule has 0 bridgehead atoms. The number of pyridine rings is 1. The van der Waals surface area contributed by atoms with Gasteiger partial charge in [0.05, 0.1) is 17.6 Å². The summed E-state index contributed by atoms with van der Waals surface area (Å²) in [4.78, 5) is 29.3. The van der Waals surface area contributed by atoms with Gasteiger partial charge in [-0.25, -0.2) is 0 Å². The third-order valence-corrected chi connectivity index (χ3v) is 4.66. The molecule has 2 amide bonds. The summed E-state index contributed by atoms with van der Waals surface area (Å²) in [6.45, 7) is 0. The Balaban J connectivity index is 1.79. The Morgan fingerprint density at radius 2 is 2.00 bits per heavy atom. The van der Waals surface area contributed by atoms with Gasteiger partial charge in [-0.1, -0.05) is 23.9 Å². The molecule has 0 aliphatic carbocycles. The third-order valence-electron chi connectivity index (χ3n) is 3.36. The number of hydrazine groups is 1. The number of hydrogen-bond donors (Lipinski definition) is 1. The van der Waals surface area contributed by atoms with Crippen LogP contribution in [0.5, 0.6) is 5.75 Å². The second-order valence-electron chi connectivity index (χ2n) is 4.94. The monoisotopic (exact) mass is 371 g/mol. The number of amides is 2. The average Bonchev–Trinajstić information content (AvgIpc) is 2.90. The first-order valence-corrected chi connectivity index (χ1v) is 8.44. The van der Waals surface area contributed by atoms with Gasteiger partial charge >= 0.3 is 0 Å². The largest absolute Gasteiger partial charge is 0.496 e. The van der Waals surface area contributed by atoms with Crippen molar-refractivity contribution in [2.45, 2.75) is 0 Å². The van der Waals surface area contributed by atoms with Gasteiger partial charge in [-0.15, -0.1) is 0 Å². The molecule has 1 aliphatic heterocycles. The number of methoxy groups -OCH3 is 1. The maximum atomic E-state index is 12.5. The van der Waals surface area contributed by atoms with Gasteiger partial charge in [0.15, 0.2) is 4.32 Å². The van der Waals surface area contributed by atoms with E-state index in [1.165, 1.54) is 7.11 Å². The minimum Gasteiger partial charge on any atom is -0.496 e. The van der Waals surface area contributed by atoms with E-state index in [2.05, 4.69) is 10.4 Å². The number of ether oxygens (including phenoxy) is 1. The highest BCUT2D eigenvalue weighted by Crippen LogP contribution is 2.31. The first-order chi connectivity index (χ1) is 12.1. The molecule has 0 atom stereocenters. The predicted octanol–water partition coefficient (Wildman–Crippen LogP) is 2.64. The molecule has 0 radical (unpaired) electrons. The van der Waals surface area contributed by atoms with Gasteiger partial charge in [-0.2, -0.15) is 5.01 Å². The maximum absolute atomic E-state index is 12.5. The molecule has 1 fully saturated rings. The second kappa shape index (κ2) is 7.45. The summed E-state index contributed by atoms with van der Waals surface area (Å²) in [6.07, 6.45) is 4.97. The minimum atomic E-state index is -0.473. The number of benzene rings is 1. The molecule has 1 aromatic heterocycles. The van der Waals surface area contributed by atoms with Crippen LogP contribution < -0.4 is 10.2 Å². The fourth-order valence-corrected chi connectivity index (χ4v) is 3.35. The van der Waals surface area contributed by atoms with Crippen LogP contribution in [0.4, 0.5) is 0 Å². The highest BCUT2D eigenvalue weighted by molar-refractivity contribution is 8.26. The molecule has 1 N–H and O–H groups in total. The lowest BCUT2D eigenvalue weighted by molar-refractivity contribution is -0.123. The summed E-state index contributed by atoms with van der Waals surface area (Å²) in [5.41, 5.74) is 3.68. The number of nitrogens with zero attached hydrogens (tertiary/aromatic N) is 2. The number of carbonyl (C=O) groups is 2. The van der Waals surface area contributed by atoms with E-state index in [1.807, 2.05) is 0 Å². The SMILES string of the molecule is COc1ccccc1C(=O)NN1C(=O)C(=Cc2ccncc2)SC1=S. The van der Waals surface area contributed by atoms with Gasteiger partial charge < -0.3 is 4.74 Å². The van der Waals surface area contributed by atoms with Crippen molar-refractivity contribution in [3.05, 3.63) is 64.8 Å². The lowest BCUT2D eigenvalue weighted by Crippen LogP contribution is -2.44. The van der Waals surface area contributed by atoms with Gasteiger partial charge in [-0.05, 0) is 48.1 Å². The molecular formula is C17H13N3O3S2. The van der Waals surface area contributed by atoms with Crippen LogP contribution in [0, 0.1) is 0 Å². The van der Waals surface area contributed by atoms with Crippen molar-refractivity contribution >= 4 is 46.2 Å². The van der Waals surface area contributed by atoms with Crippen molar-refractivity contribution in [3.63, 3.8) is 0 Å². The van der Waals surface area contributed by atoms with Crippen molar-refractivity contribution in [1.29, 1.82) is 0 Å². The van der Waals surface area contributed by atoms with E-state index >= 15 is 0 Å². The zero-order chi connectivity index (χ0) is 17.8. The molecule has 0 unspecified atom stereocenters. The van der Waals surface area contributed by atoms with Gasteiger partial charge in [0.25, 0.3) is 11.8 Å². The Morgan fingerprint density at radius 3 is 2.72 bits per heavy atom. The number of hydrogen-bond acceptors (Lipinski definition) is 6. The third kappa shape index (κ3) is 3.70. The Hall–Kier alpha value is -2.71. The number of carbonyl (C=O) groups excluding carboxylic acids is 2. The molecule has 8 heteroatoms. The summed E-state index contributed by atoms with van der Waals surface area (Å²) in [5, 5.41) is 1.07. The fraction of sp³-hybridized carbons (Fsp3) is 0.0588. The molecule has 0 spiro atoms. The van der Waals surface area contributed by atoms with Crippen LogP contribution >= 0.6 is 24.0 Å². The lowest BCUT2D eigenvalue weighted by Gasteiger charge is -2.16. The van der Waals surface area contributed by atoms with Gasteiger partial charge in [0.2, 0.25) is 0 Å². The Morgan fingerprint density at radius 1 is 1.28 bits per heavy atom. The van der Waals surface area contributed by atoms with E-state index < -0.39 is 5.91 Å². The molecule has 2 aromatic rings. The van der Waals surface area contributed by atoms with Crippen molar-refractivity contribution < 1.29 is 14.3 Å². The number of thioether (sulfide) groups is 1.